The monoisotopic (exact) mass is 332 g/mol. The van der Waals surface area contributed by atoms with Crippen molar-refractivity contribution in [2.24, 2.45) is 0 Å². The van der Waals surface area contributed by atoms with Gasteiger partial charge < -0.3 is 4.90 Å². The lowest BCUT2D eigenvalue weighted by atomic mass is 9.90. The molecule has 0 spiro atoms. The maximum absolute atomic E-state index is 11.8. The van der Waals surface area contributed by atoms with Gasteiger partial charge in [-0.15, -0.1) is 0 Å². The highest BCUT2D eigenvalue weighted by Gasteiger charge is 2.32. The van der Waals surface area contributed by atoms with Crippen LogP contribution in [0, 0.1) is 0 Å². The Bertz CT molecular complexity index is 476. The molecular formula is C21H36N2O. The zero-order chi connectivity index (χ0) is 18.2. The van der Waals surface area contributed by atoms with E-state index < -0.39 is 0 Å². The maximum atomic E-state index is 11.8. The maximum Gasteiger partial charge on any atom is 0.222 e. The van der Waals surface area contributed by atoms with Crippen LogP contribution >= 0.6 is 0 Å². The van der Waals surface area contributed by atoms with Gasteiger partial charge in [-0.2, -0.15) is 0 Å². The van der Waals surface area contributed by atoms with Gasteiger partial charge in [0.1, 0.15) is 0 Å². The van der Waals surface area contributed by atoms with Crippen LogP contribution in [-0.2, 0) is 11.2 Å². The van der Waals surface area contributed by atoms with Gasteiger partial charge in [0, 0.05) is 38.1 Å². The van der Waals surface area contributed by atoms with Gasteiger partial charge in [-0.25, -0.2) is 0 Å². The molecule has 136 valence electrons. The molecule has 1 aromatic carbocycles. The van der Waals surface area contributed by atoms with Crippen molar-refractivity contribution < 1.29 is 4.79 Å². The van der Waals surface area contributed by atoms with Crippen LogP contribution in [0.15, 0.2) is 30.3 Å². The van der Waals surface area contributed by atoms with Crippen molar-refractivity contribution in [1.82, 2.24) is 9.80 Å². The highest BCUT2D eigenvalue weighted by atomic mass is 16.2. The van der Waals surface area contributed by atoms with Crippen LogP contribution in [0.2, 0.25) is 0 Å². The second-order valence-corrected chi connectivity index (χ2v) is 7.05. The quantitative estimate of drug-likeness (QED) is 0.799. The summed E-state index contributed by atoms with van der Waals surface area (Å²) >= 11 is 0. The highest BCUT2D eigenvalue weighted by Crippen LogP contribution is 2.26. The lowest BCUT2D eigenvalue weighted by Crippen LogP contribution is -2.53. The van der Waals surface area contributed by atoms with Crippen molar-refractivity contribution in [2.75, 3.05) is 20.1 Å². The predicted molar refractivity (Wildman–Crippen MR) is 103 cm³/mol. The molecule has 0 N–H and O–H groups in total. The molecule has 0 radical (unpaired) electrons. The largest absolute Gasteiger partial charge is 0.343 e. The number of nitrogens with zero attached hydrogens (tertiary/aromatic N) is 2. The Labute approximate surface area is 149 Å². The zero-order valence-corrected chi connectivity index (χ0v) is 16.5. The molecule has 2 rings (SSSR count). The van der Waals surface area contributed by atoms with E-state index in [1.54, 1.807) is 0 Å². The number of amides is 1. The van der Waals surface area contributed by atoms with Crippen molar-refractivity contribution in [2.45, 2.75) is 71.9 Å². The summed E-state index contributed by atoms with van der Waals surface area (Å²) in [6.07, 6.45) is 3.85. The molecule has 1 amide bonds. The van der Waals surface area contributed by atoms with E-state index in [0.29, 0.717) is 12.5 Å². The third-order valence-corrected chi connectivity index (χ3v) is 5.04. The average Bonchev–Trinajstić information content (AvgIpc) is 2.62. The van der Waals surface area contributed by atoms with Gasteiger partial charge in [0.05, 0.1) is 0 Å². The van der Waals surface area contributed by atoms with Crippen molar-refractivity contribution in [1.29, 1.82) is 0 Å². The number of carbonyl (C=O) groups excluding carboxylic acids is 1. The number of carbonyl (C=O) groups is 1. The molecule has 1 fully saturated rings. The number of likely N-dealkylation sites (tertiary alicyclic amines) is 1. The second-order valence-electron chi connectivity index (χ2n) is 7.05. The summed E-state index contributed by atoms with van der Waals surface area (Å²) in [5, 5.41) is 0. The molecule has 1 saturated heterocycles. The smallest absolute Gasteiger partial charge is 0.222 e. The third kappa shape index (κ3) is 5.62. The lowest BCUT2D eigenvalue weighted by Gasteiger charge is -2.45. The molecule has 3 heteroatoms. The van der Waals surface area contributed by atoms with Gasteiger partial charge >= 0.3 is 0 Å². The van der Waals surface area contributed by atoms with Gasteiger partial charge in [-0.3, -0.25) is 9.69 Å². The summed E-state index contributed by atoms with van der Waals surface area (Å²) in [5.41, 5.74) is 1.56. The molecule has 0 aromatic heterocycles. The molecule has 1 heterocycles. The van der Waals surface area contributed by atoms with Gasteiger partial charge in [-0.1, -0.05) is 51.1 Å². The average molecular weight is 333 g/mol. The van der Waals surface area contributed by atoms with Crippen molar-refractivity contribution >= 4 is 5.91 Å². The van der Waals surface area contributed by atoms with Gasteiger partial charge in [-0.05, 0) is 38.7 Å². The Kier molecular flexibility index (Phi) is 8.47. The molecule has 1 aliphatic heterocycles. The van der Waals surface area contributed by atoms with E-state index in [1.807, 2.05) is 32.7 Å². The molecule has 0 bridgehead atoms. The van der Waals surface area contributed by atoms with Gasteiger partial charge in [0.25, 0.3) is 0 Å². The fourth-order valence-electron chi connectivity index (χ4n) is 3.52. The first-order chi connectivity index (χ1) is 11.4. The summed E-state index contributed by atoms with van der Waals surface area (Å²) in [4.78, 5) is 16.4. The van der Waals surface area contributed by atoms with Crippen molar-refractivity contribution in [3.63, 3.8) is 0 Å². The molecule has 24 heavy (non-hydrogen) atoms. The van der Waals surface area contributed by atoms with Crippen LogP contribution in [-0.4, -0.2) is 47.4 Å². The first-order valence-corrected chi connectivity index (χ1v) is 9.48. The van der Waals surface area contributed by atoms with E-state index in [4.69, 9.17) is 0 Å². The summed E-state index contributed by atoms with van der Waals surface area (Å²) in [6, 6.07) is 11.1. The van der Waals surface area contributed by atoms with Gasteiger partial charge in [0.15, 0.2) is 0 Å². The second kappa shape index (κ2) is 9.83. The minimum Gasteiger partial charge on any atom is -0.343 e. The van der Waals surface area contributed by atoms with E-state index in [9.17, 15) is 4.79 Å². The predicted octanol–water partition coefficient (Wildman–Crippen LogP) is 4.37. The molecule has 3 nitrogen and oxygen atoms in total. The van der Waals surface area contributed by atoms with Crippen LogP contribution in [0.5, 0.6) is 0 Å². The normalized spacial score (nSPS) is 16.2. The third-order valence-electron chi connectivity index (χ3n) is 5.04. The number of benzene rings is 1. The molecule has 0 aliphatic carbocycles. The summed E-state index contributed by atoms with van der Waals surface area (Å²) in [5.74, 6) is 0.266. The van der Waals surface area contributed by atoms with Crippen LogP contribution in [0.3, 0.4) is 0 Å². The van der Waals surface area contributed by atoms with Crippen molar-refractivity contribution in [3.05, 3.63) is 35.9 Å². The number of hydrogen-bond acceptors (Lipinski definition) is 2. The summed E-state index contributed by atoms with van der Waals surface area (Å²) in [7, 11) is 1.96. The van der Waals surface area contributed by atoms with Crippen LogP contribution in [0.1, 0.15) is 59.4 Å². The highest BCUT2D eigenvalue weighted by molar-refractivity contribution is 5.75. The Morgan fingerprint density at radius 1 is 1.17 bits per heavy atom. The Morgan fingerprint density at radius 3 is 2.21 bits per heavy atom. The van der Waals surface area contributed by atoms with Crippen LogP contribution in [0.25, 0.3) is 0 Å². The minimum atomic E-state index is 0.166. The summed E-state index contributed by atoms with van der Waals surface area (Å²) < 4.78 is 0. The number of rotatable bonds is 5. The fourth-order valence-corrected chi connectivity index (χ4v) is 3.52. The van der Waals surface area contributed by atoms with Crippen LogP contribution in [0.4, 0.5) is 0 Å². The lowest BCUT2D eigenvalue weighted by molar-refractivity contribution is -0.132. The molecule has 1 aromatic rings. The van der Waals surface area contributed by atoms with Gasteiger partial charge in [0.2, 0.25) is 5.91 Å². The fraction of sp³-hybridized carbons (Fsp3) is 0.667. The molecule has 0 unspecified atom stereocenters. The molecule has 0 saturated carbocycles. The van der Waals surface area contributed by atoms with E-state index in [0.717, 1.165) is 32.4 Å². The first-order valence-electron chi connectivity index (χ1n) is 9.48. The molecular weight excluding hydrogens is 296 g/mol. The first kappa shape index (κ1) is 20.7. The van der Waals surface area contributed by atoms with E-state index in [2.05, 4.69) is 49.1 Å². The SMILES string of the molecule is CC.CCC(=O)N(C)C1CCN(C(C)(C)Cc2ccccc2)CC1. The van der Waals surface area contributed by atoms with Crippen LogP contribution < -0.4 is 0 Å². The number of hydrogen-bond donors (Lipinski definition) is 0. The van der Waals surface area contributed by atoms with E-state index in [1.165, 1.54) is 5.56 Å². The Balaban J connectivity index is 0.00000139. The summed E-state index contributed by atoms with van der Waals surface area (Å²) in [6.45, 7) is 12.8. The van der Waals surface area contributed by atoms with Crippen molar-refractivity contribution in [3.8, 4) is 0 Å². The number of piperidine rings is 1. The topological polar surface area (TPSA) is 23.6 Å². The minimum absolute atomic E-state index is 0.166. The molecule has 1 aliphatic rings. The van der Waals surface area contributed by atoms with E-state index in [-0.39, 0.29) is 11.4 Å². The molecule has 0 atom stereocenters. The van der Waals surface area contributed by atoms with E-state index >= 15 is 0 Å². The Morgan fingerprint density at radius 2 is 1.71 bits per heavy atom. The standard InChI is InChI=1S/C19H30N2O.C2H6/c1-5-18(22)20(4)17-11-13-21(14-12-17)19(2,3)15-16-9-7-6-8-10-16;1-2/h6-10,17H,5,11-15H2,1-4H3;1-2H3. The zero-order valence-electron chi connectivity index (χ0n) is 16.5. The Hall–Kier alpha value is -1.35.